The van der Waals surface area contributed by atoms with Crippen molar-refractivity contribution in [3.8, 4) is 0 Å². The smallest absolute Gasteiger partial charge is 0.282 e. The standard InChI is InChI=1S/C17H14ClFN2O3/c18-12-3-6-15(21(23)24)14(9-12)16(22)20-10-17(7-8-17)11-1-4-13(19)5-2-11/h1-6,9H,7-8,10H2,(H,20,22). The molecule has 0 bridgehead atoms. The molecule has 124 valence electrons. The summed E-state index contributed by atoms with van der Waals surface area (Å²) in [6, 6.07) is 10.1. The molecule has 7 heteroatoms. The second-order valence-corrected chi connectivity index (χ2v) is 6.32. The topological polar surface area (TPSA) is 72.2 Å². The van der Waals surface area contributed by atoms with Crippen LogP contribution < -0.4 is 5.32 Å². The van der Waals surface area contributed by atoms with Crippen molar-refractivity contribution in [2.45, 2.75) is 18.3 Å². The van der Waals surface area contributed by atoms with E-state index in [0.29, 0.717) is 6.54 Å². The van der Waals surface area contributed by atoms with Gasteiger partial charge in [0.15, 0.2) is 0 Å². The fraction of sp³-hybridized carbons (Fsp3) is 0.235. The molecule has 0 aromatic heterocycles. The first-order chi connectivity index (χ1) is 11.4. The molecule has 1 aliphatic rings. The van der Waals surface area contributed by atoms with Gasteiger partial charge in [-0.2, -0.15) is 0 Å². The lowest BCUT2D eigenvalue weighted by molar-refractivity contribution is -0.385. The lowest BCUT2D eigenvalue weighted by Crippen LogP contribution is -2.32. The number of rotatable bonds is 5. The molecule has 0 spiro atoms. The molecule has 1 N–H and O–H groups in total. The number of hydrogen-bond donors (Lipinski definition) is 1. The van der Waals surface area contributed by atoms with Crippen LogP contribution in [-0.4, -0.2) is 17.4 Å². The lowest BCUT2D eigenvalue weighted by atomic mass is 9.96. The van der Waals surface area contributed by atoms with Gasteiger partial charge in [-0.25, -0.2) is 4.39 Å². The second-order valence-electron chi connectivity index (χ2n) is 5.89. The van der Waals surface area contributed by atoms with Gasteiger partial charge in [-0.15, -0.1) is 0 Å². The Morgan fingerprint density at radius 3 is 2.50 bits per heavy atom. The lowest BCUT2D eigenvalue weighted by Gasteiger charge is -2.16. The van der Waals surface area contributed by atoms with Gasteiger partial charge in [0.1, 0.15) is 11.4 Å². The number of carbonyl (C=O) groups excluding carboxylic acids is 1. The van der Waals surface area contributed by atoms with E-state index in [0.717, 1.165) is 18.4 Å². The van der Waals surface area contributed by atoms with Crippen LogP contribution in [0.5, 0.6) is 0 Å². The predicted octanol–water partition coefficient (Wildman–Crippen LogP) is 3.85. The van der Waals surface area contributed by atoms with E-state index in [1.807, 2.05) is 0 Å². The number of nitro benzene ring substituents is 1. The molecule has 0 atom stereocenters. The molecule has 1 fully saturated rings. The third kappa shape index (κ3) is 3.23. The number of hydrogen-bond acceptors (Lipinski definition) is 3. The van der Waals surface area contributed by atoms with Crippen molar-refractivity contribution in [1.29, 1.82) is 0 Å². The van der Waals surface area contributed by atoms with E-state index in [9.17, 15) is 19.3 Å². The van der Waals surface area contributed by atoms with Gasteiger partial charge in [-0.1, -0.05) is 23.7 Å². The molecule has 1 amide bonds. The first kappa shape index (κ1) is 16.4. The number of carbonyl (C=O) groups is 1. The zero-order valence-corrected chi connectivity index (χ0v) is 13.3. The van der Waals surface area contributed by atoms with Crippen molar-refractivity contribution in [3.05, 3.63) is 74.5 Å². The Kier molecular flexibility index (Phi) is 4.24. The number of benzene rings is 2. The van der Waals surface area contributed by atoms with Crippen LogP contribution in [0, 0.1) is 15.9 Å². The van der Waals surface area contributed by atoms with Gasteiger partial charge in [0.2, 0.25) is 0 Å². The summed E-state index contributed by atoms with van der Waals surface area (Å²) in [7, 11) is 0. The number of amides is 1. The third-order valence-corrected chi connectivity index (χ3v) is 4.53. The highest BCUT2D eigenvalue weighted by Gasteiger charge is 2.44. The maximum absolute atomic E-state index is 13.0. The summed E-state index contributed by atoms with van der Waals surface area (Å²) in [5.74, 6) is -0.856. The fourth-order valence-electron chi connectivity index (χ4n) is 2.72. The molecule has 0 aliphatic heterocycles. The van der Waals surface area contributed by atoms with Crippen LogP contribution in [0.25, 0.3) is 0 Å². The number of halogens is 2. The fourth-order valence-corrected chi connectivity index (χ4v) is 2.89. The highest BCUT2D eigenvalue weighted by atomic mass is 35.5. The molecule has 0 heterocycles. The summed E-state index contributed by atoms with van der Waals surface area (Å²) in [5.41, 5.74) is 0.368. The summed E-state index contributed by atoms with van der Waals surface area (Å²) in [5, 5.41) is 14.0. The normalized spacial score (nSPS) is 14.9. The van der Waals surface area contributed by atoms with Crippen molar-refractivity contribution >= 4 is 23.2 Å². The van der Waals surface area contributed by atoms with Crippen molar-refractivity contribution in [1.82, 2.24) is 5.32 Å². The minimum atomic E-state index is -0.613. The van der Waals surface area contributed by atoms with E-state index >= 15 is 0 Å². The Hall–Kier alpha value is -2.47. The van der Waals surface area contributed by atoms with Gasteiger partial charge in [0, 0.05) is 23.0 Å². The molecule has 1 saturated carbocycles. The van der Waals surface area contributed by atoms with Crippen LogP contribution in [0.15, 0.2) is 42.5 Å². The highest BCUT2D eigenvalue weighted by Crippen LogP contribution is 2.47. The molecular weight excluding hydrogens is 335 g/mol. The molecule has 5 nitrogen and oxygen atoms in total. The maximum atomic E-state index is 13.0. The summed E-state index contributed by atoms with van der Waals surface area (Å²) in [6.45, 7) is 0.334. The van der Waals surface area contributed by atoms with Crippen LogP contribution in [0.3, 0.4) is 0 Å². The molecular formula is C17H14ClFN2O3. The SMILES string of the molecule is O=C(NCC1(c2ccc(F)cc2)CC1)c1cc(Cl)ccc1[N+](=O)[O-]. The molecule has 0 unspecified atom stereocenters. The van der Waals surface area contributed by atoms with Crippen LogP contribution in [0.2, 0.25) is 5.02 Å². The third-order valence-electron chi connectivity index (χ3n) is 4.30. The molecule has 24 heavy (non-hydrogen) atoms. The Bertz CT molecular complexity index is 804. The molecule has 0 radical (unpaired) electrons. The summed E-state index contributed by atoms with van der Waals surface area (Å²) >= 11 is 5.84. The highest BCUT2D eigenvalue weighted by molar-refractivity contribution is 6.31. The van der Waals surface area contributed by atoms with Gasteiger partial charge < -0.3 is 5.32 Å². The molecule has 0 saturated heterocycles. The number of nitrogens with zero attached hydrogens (tertiary/aromatic N) is 1. The van der Waals surface area contributed by atoms with Gasteiger partial charge >= 0.3 is 0 Å². The van der Waals surface area contributed by atoms with E-state index in [1.54, 1.807) is 12.1 Å². The average Bonchev–Trinajstić information content (AvgIpc) is 3.34. The van der Waals surface area contributed by atoms with E-state index in [2.05, 4.69) is 5.32 Å². The van der Waals surface area contributed by atoms with Gasteiger partial charge in [-0.3, -0.25) is 14.9 Å². The maximum Gasteiger partial charge on any atom is 0.282 e. The van der Waals surface area contributed by atoms with Crippen molar-refractivity contribution in [3.63, 3.8) is 0 Å². The summed E-state index contributed by atoms with van der Waals surface area (Å²) < 4.78 is 13.0. The Balaban J connectivity index is 1.76. The zero-order chi connectivity index (χ0) is 17.3. The molecule has 3 rings (SSSR count). The molecule has 2 aromatic rings. The van der Waals surface area contributed by atoms with Gasteiger partial charge in [0.25, 0.3) is 11.6 Å². The molecule has 1 aliphatic carbocycles. The van der Waals surface area contributed by atoms with E-state index in [4.69, 9.17) is 11.6 Å². The van der Waals surface area contributed by atoms with Gasteiger partial charge in [0.05, 0.1) is 4.92 Å². The minimum absolute atomic E-state index is 0.0672. The summed E-state index contributed by atoms with van der Waals surface area (Å²) in [4.78, 5) is 22.8. The zero-order valence-electron chi connectivity index (χ0n) is 12.6. The Morgan fingerprint density at radius 1 is 1.25 bits per heavy atom. The van der Waals surface area contributed by atoms with Crippen LogP contribution in [0.4, 0.5) is 10.1 Å². The van der Waals surface area contributed by atoms with Crippen molar-refractivity contribution < 1.29 is 14.1 Å². The van der Waals surface area contributed by atoms with Gasteiger partial charge in [-0.05, 0) is 42.7 Å². The van der Waals surface area contributed by atoms with E-state index in [-0.39, 0.29) is 27.5 Å². The van der Waals surface area contributed by atoms with Crippen molar-refractivity contribution in [2.24, 2.45) is 0 Å². The Labute approximate surface area is 142 Å². The monoisotopic (exact) mass is 348 g/mol. The summed E-state index contributed by atoms with van der Waals surface area (Å²) in [6.07, 6.45) is 1.74. The number of nitro groups is 1. The van der Waals surface area contributed by atoms with Crippen LogP contribution >= 0.6 is 11.6 Å². The van der Waals surface area contributed by atoms with E-state index < -0.39 is 10.8 Å². The first-order valence-corrected chi connectivity index (χ1v) is 7.77. The predicted molar refractivity (Wildman–Crippen MR) is 87.8 cm³/mol. The van der Waals surface area contributed by atoms with E-state index in [1.165, 1.54) is 30.3 Å². The minimum Gasteiger partial charge on any atom is -0.351 e. The molecule has 2 aromatic carbocycles. The number of nitrogens with one attached hydrogen (secondary N) is 1. The van der Waals surface area contributed by atoms with Crippen LogP contribution in [0.1, 0.15) is 28.8 Å². The van der Waals surface area contributed by atoms with Crippen LogP contribution in [-0.2, 0) is 5.41 Å². The largest absolute Gasteiger partial charge is 0.351 e. The Morgan fingerprint density at radius 2 is 1.92 bits per heavy atom. The second kappa shape index (κ2) is 6.20. The quantitative estimate of drug-likeness (QED) is 0.659. The average molecular weight is 349 g/mol. The first-order valence-electron chi connectivity index (χ1n) is 7.39. The van der Waals surface area contributed by atoms with Crippen molar-refractivity contribution in [2.75, 3.05) is 6.54 Å².